The summed E-state index contributed by atoms with van der Waals surface area (Å²) in [7, 11) is 0. The van der Waals surface area contributed by atoms with E-state index >= 15 is 0 Å². The zero-order valence-corrected chi connectivity index (χ0v) is 15.0. The molecule has 0 radical (unpaired) electrons. The fraction of sp³-hybridized carbons (Fsp3) is 0.600. The van der Waals surface area contributed by atoms with E-state index in [1.54, 1.807) is 0 Å². The smallest absolute Gasteiger partial charge is 0.316 e. The van der Waals surface area contributed by atoms with Gasteiger partial charge in [-0.05, 0) is 33.3 Å². The van der Waals surface area contributed by atoms with Crippen molar-refractivity contribution in [3.05, 3.63) is 35.9 Å². The molecule has 2 aliphatic heterocycles. The number of amides is 1. The summed E-state index contributed by atoms with van der Waals surface area (Å²) >= 11 is 0. The van der Waals surface area contributed by atoms with Crippen molar-refractivity contribution >= 4 is 11.9 Å². The summed E-state index contributed by atoms with van der Waals surface area (Å²) < 4.78 is 11.8. The third kappa shape index (κ3) is 1.27. The van der Waals surface area contributed by atoms with Crippen molar-refractivity contribution in [3.8, 4) is 0 Å². The highest BCUT2D eigenvalue weighted by Crippen LogP contribution is 3.07. The van der Waals surface area contributed by atoms with Gasteiger partial charge in [0.25, 0.3) is 0 Å². The van der Waals surface area contributed by atoms with Crippen molar-refractivity contribution in [2.75, 3.05) is 0 Å². The Kier molecular flexibility index (Phi) is 2.52. The van der Waals surface area contributed by atoms with E-state index < -0.39 is 22.0 Å². The van der Waals surface area contributed by atoms with E-state index in [-0.39, 0.29) is 29.8 Å². The van der Waals surface area contributed by atoms with Gasteiger partial charge in [0, 0.05) is 18.4 Å². The number of hydrogen-bond acceptors (Lipinski definition) is 4. The first-order chi connectivity index (χ1) is 11.8. The topological polar surface area (TPSA) is 64.6 Å². The Morgan fingerprint density at radius 3 is 2.28 bits per heavy atom. The average molecular weight is 341 g/mol. The molecule has 1 N–H and O–H groups in total. The maximum atomic E-state index is 13.2. The van der Waals surface area contributed by atoms with Crippen LogP contribution in [0, 0.1) is 22.7 Å². The van der Waals surface area contributed by atoms with Crippen molar-refractivity contribution in [2.24, 2.45) is 22.7 Å². The summed E-state index contributed by atoms with van der Waals surface area (Å²) in [6.07, 6.45) is -0.195. The molecule has 5 aliphatic rings. The third-order valence-electron chi connectivity index (χ3n) is 7.22. The van der Waals surface area contributed by atoms with E-state index in [2.05, 4.69) is 5.32 Å². The van der Waals surface area contributed by atoms with E-state index in [1.165, 1.54) is 0 Å². The Hall–Kier alpha value is -1.88. The normalized spacial score (nSPS) is 46.9. The Morgan fingerprint density at radius 1 is 1.12 bits per heavy atom. The fourth-order valence-electron chi connectivity index (χ4n) is 6.55. The number of benzene rings is 1. The van der Waals surface area contributed by atoms with Gasteiger partial charge in [0.15, 0.2) is 0 Å². The van der Waals surface area contributed by atoms with Gasteiger partial charge in [0.05, 0.1) is 17.3 Å². The first kappa shape index (κ1) is 15.4. The third-order valence-corrected chi connectivity index (χ3v) is 7.22. The molecule has 6 atom stereocenters. The summed E-state index contributed by atoms with van der Waals surface area (Å²) in [5, 5.41) is 3.05. The number of rotatable bonds is 5. The molecule has 3 aliphatic carbocycles. The number of carbonyl (C=O) groups excluding carboxylic acids is 2. The maximum Gasteiger partial charge on any atom is 0.316 e. The van der Waals surface area contributed by atoms with Crippen molar-refractivity contribution in [2.45, 2.75) is 51.5 Å². The van der Waals surface area contributed by atoms with E-state index in [9.17, 15) is 9.59 Å². The molecule has 1 amide bonds. The molecule has 0 aromatic heterocycles. The highest BCUT2D eigenvalue weighted by molar-refractivity contribution is 6.06. The predicted molar refractivity (Wildman–Crippen MR) is 89.3 cm³/mol. The molecule has 5 nitrogen and oxygen atoms in total. The van der Waals surface area contributed by atoms with E-state index in [4.69, 9.17) is 9.47 Å². The van der Waals surface area contributed by atoms with Gasteiger partial charge in [-0.2, -0.15) is 0 Å². The average Bonchev–Trinajstić information content (AvgIpc) is 3.07. The largest absolute Gasteiger partial charge is 0.462 e. The zero-order valence-electron chi connectivity index (χ0n) is 15.0. The fourth-order valence-corrected chi connectivity index (χ4v) is 6.55. The van der Waals surface area contributed by atoms with Crippen molar-refractivity contribution in [1.29, 1.82) is 0 Å². The first-order valence-electron chi connectivity index (χ1n) is 9.02. The van der Waals surface area contributed by atoms with Crippen LogP contribution in [0.25, 0.3) is 0 Å². The monoisotopic (exact) mass is 341 g/mol. The van der Waals surface area contributed by atoms with Gasteiger partial charge in [-0.25, -0.2) is 0 Å². The quantitative estimate of drug-likeness (QED) is 0.833. The molecular weight excluding hydrogens is 318 g/mol. The summed E-state index contributed by atoms with van der Waals surface area (Å²) in [5.41, 5.74) is -1.56. The van der Waals surface area contributed by atoms with Gasteiger partial charge in [0.2, 0.25) is 5.91 Å². The van der Waals surface area contributed by atoms with E-state index in [1.807, 2.05) is 58.0 Å². The summed E-state index contributed by atoms with van der Waals surface area (Å²) in [5.74, 6) is -0.0661. The molecule has 132 valence electrons. The molecule has 3 saturated carbocycles. The number of carbonyl (C=O) groups is 2. The van der Waals surface area contributed by atoms with Gasteiger partial charge in [-0.1, -0.05) is 30.3 Å². The molecule has 2 bridgehead atoms. The van der Waals surface area contributed by atoms with Gasteiger partial charge in [0.1, 0.15) is 10.8 Å². The summed E-state index contributed by atoms with van der Waals surface area (Å²) in [6.45, 7) is 8.09. The zero-order chi connectivity index (χ0) is 17.8. The van der Waals surface area contributed by atoms with Crippen molar-refractivity contribution in [3.63, 3.8) is 0 Å². The summed E-state index contributed by atoms with van der Waals surface area (Å²) in [4.78, 5) is 26.1. The Balaban J connectivity index is 1.43. The van der Waals surface area contributed by atoms with Crippen LogP contribution in [-0.2, 0) is 25.6 Å². The lowest BCUT2D eigenvalue weighted by Crippen LogP contribution is -2.50. The van der Waals surface area contributed by atoms with Crippen LogP contribution >= 0.6 is 0 Å². The second-order valence-corrected chi connectivity index (χ2v) is 8.51. The first-order valence-corrected chi connectivity index (χ1v) is 9.02. The molecule has 5 fully saturated rings. The highest BCUT2D eigenvalue weighted by Gasteiger charge is 3.19. The standard InChI is InChI=1S/C20H23NO4/c1-11(2)24-16(23)20-14-13-17(3,25-18(14,20)4)19(13,20)15(22)21-10-12-8-6-5-7-9-12/h5-9,11,13-14H,10H2,1-4H3,(H,21,22)/t13?,14?,17-,18?,19+,20-/m0/s1. The van der Waals surface area contributed by atoms with Crippen LogP contribution in [0.4, 0.5) is 0 Å². The highest BCUT2D eigenvalue weighted by atomic mass is 16.6. The molecule has 25 heavy (non-hydrogen) atoms. The Labute approximate surface area is 147 Å². The second kappa shape index (κ2) is 4.09. The van der Waals surface area contributed by atoms with Crippen LogP contribution in [-0.4, -0.2) is 29.2 Å². The van der Waals surface area contributed by atoms with Crippen molar-refractivity contribution in [1.82, 2.24) is 5.32 Å². The van der Waals surface area contributed by atoms with Crippen LogP contribution in [0.1, 0.15) is 33.3 Å². The van der Waals surface area contributed by atoms with Crippen LogP contribution in [0.2, 0.25) is 0 Å². The minimum absolute atomic E-state index is 0.0676. The molecule has 2 heterocycles. The van der Waals surface area contributed by atoms with Crippen LogP contribution in [0.3, 0.4) is 0 Å². The van der Waals surface area contributed by atoms with Crippen molar-refractivity contribution < 1.29 is 19.1 Å². The predicted octanol–water partition coefficient (Wildman–Crippen LogP) is 2.05. The Bertz CT molecular complexity index is 807. The minimum atomic E-state index is -0.787. The number of esters is 1. The Morgan fingerprint density at radius 2 is 1.72 bits per heavy atom. The molecule has 1 aromatic carbocycles. The molecule has 6 rings (SSSR count). The lowest BCUT2D eigenvalue weighted by atomic mass is 9.70. The van der Waals surface area contributed by atoms with Crippen LogP contribution < -0.4 is 5.32 Å². The maximum absolute atomic E-state index is 13.2. The van der Waals surface area contributed by atoms with Gasteiger partial charge >= 0.3 is 5.97 Å². The van der Waals surface area contributed by atoms with Crippen LogP contribution in [0.5, 0.6) is 0 Å². The molecule has 1 aromatic rings. The number of nitrogens with one attached hydrogen (secondary N) is 1. The lowest BCUT2D eigenvalue weighted by Gasteiger charge is -2.32. The molecule has 0 spiro atoms. The number of ether oxygens (including phenoxy) is 2. The molecule has 3 unspecified atom stereocenters. The lowest BCUT2D eigenvalue weighted by molar-refractivity contribution is -0.166. The number of hydrogen-bond donors (Lipinski definition) is 1. The van der Waals surface area contributed by atoms with Crippen LogP contribution in [0.15, 0.2) is 30.3 Å². The SMILES string of the molecule is CC(C)OC(=O)[C@]12C3C4[C@@]1(C(=O)NCc1ccccc1)[C@@]4(C)OC32C. The second-order valence-electron chi connectivity index (χ2n) is 8.51. The summed E-state index contributed by atoms with van der Waals surface area (Å²) in [6, 6.07) is 9.80. The van der Waals surface area contributed by atoms with Gasteiger partial charge in [-0.3, -0.25) is 9.59 Å². The molecule has 2 saturated heterocycles. The molecule has 5 heteroatoms. The van der Waals surface area contributed by atoms with E-state index in [0.717, 1.165) is 5.56 Å². The minimum Gasteiger partial charge on any atom is -0.462 e. The van der Waals surface area contributed by atoms with E-state index in [0.29, 0.717) is 6.54 Å². The van der Waals surface area contributed by atoms with Gasteiger partial charge < -0.3 is 14.8 Å². The molecular formula is C20H23NO4. The van der Waals surface area contributed by atoms with Gasteiger partial charge in [-0.15, -0.1) is 0 Å².